The van der Waals surface area contributed by atoms with E-state index < -0.39 is 5.41 Å². The first-order valence-corrected chi connectivity index (χ1v) is 12.4. The largest absolute Gasteiger partial charge is 0.361 e. The van der Waals surface area contributed by atoms with Gasteiger partial charge in [0.1, 0.15) is 5.76 Å². The maximum atomic E-state index is 13.2. The van der Waals surface area contributed by atoms with Gasteiger partial charge in [0.25, 0.3) is 0 Å². The van der Waals surface area contributed by atoms with Crippen LogP contribution in [0.15, 0.2) is 10.6 Å². The molecule has 0 aromatic carbocycles. The molecule has 1 saturated heterocycles. The van der Waals surface area contributed by atoms with E-state index in [-0.39, 0.29) is 11.8 Å². The van der Waals surface area contributed by atoms with E-state index in [4.69, 9.17) is 4.52 Å². The third-order valence-electron chi connectivity index (χ3n) is 7.92. The number of likely N-dealkylation sites (tertiary alicyclic amines) is 1. The maximum absolute atomic E-state index is 13.2. The SMILES string of the molecule is CN(C)C(=O)C1(Cc2cc(C3CCCCC3)no2)CCN(C(=O)CCC2CCCC2)C1. The molecule has 1 atom stereocenters. The van der Waals surface area contributed by atoms with Gasteiger partial charge in [-0.25, -0.2) is 0 Å². The fraction of sp³-hybridized carbons (Fsp3) is 0.800. The molecule has 0 spiro atoms. The second-order valence-electron chi connectivity index (χ2n) is 10.5. The topological polar surface area (TPSA) is 66.7 Å². The molecule has 2 heterocycles. The van der Waals surface area contributed by atoms with E-state index in [0.717, 1.165) is 17.9 Å². The van der Waals surface area contributed by atoms with Crippen molar-refractivity contribution in [3.63, 3.8) is 0 Å². The Kier molecular flexibility index (Phi) is 7.02. The molecular weight excluding hydrogens is 390 g/mol. The molecule has 31 heavy (non-hydrogen) atoms. The first-order valence-electron chi connectivity index (χ1n) is 12.4. The predicted octanol–water partition coefficient (Wildman–Crippen LogP) is 4.54. The lowest BCUT2D eigenvalue weighted by Crippen LogP contribution is -2.44. The van der Waals surface area contributed by atoms with Crippen LogP contribution in [0.1, 0.15) is 94.4 Å². The summed E-state index contributed by atoms with van der Waals surface area (Å²) in [6.07, 6.45) is 14.2. The Labute approximate surface area is 186 Å². The summed E-state index contributed by atoms with van der Waals surface area (Å²) >= 11 is 0. The van der Waals surface area contributed by atoms with E-state index in [9.17, 15) is 9.59 Å². The maximum Gasteiger partial charge on any atom is 0.230 e. The van der Waals surface area contributed by atoms with Crippen molar-refractivity contribution in [3.8, 4) is 0 Å². The lowest BCUT2D eigenvalue weighted by atomic mass is 9.80. The van der Waals surface area contributed by atoms with Crippen molar-refractivity contribution in [1.29, 1.82) is 0 Å². The number of carbonyl (C=O) groups excluding carboxylic acids is 2. The molecule has 2 aliphatic carbocycles. The summed E-state index contributed by atoms with van der Waals surface area (Å²) in [5, 5.41) is 4.36. The lowest BCUT2D eigenvalue weighted by molar-refractivity contribution is -0.140. The Morgan fingerprint density at radius 3 is 2.55 bits per heavy atom. The summed E-state index contributed by atoms with van der Waals surface area (Å²) in [6, 6.07) is 2.07. The summed E-state index contributed by atoms with van der Waals surface area (Å²) in [7, 11) is 3.62. The molecule has 2 saturated carbocycles. The monoisotopic (exact) mass is 429 g/mol. The van der Waals surface area contributed by atoms with E-state index in [0.29, 0.717) is 44.2 Å². The molecule has 2 amide bonds. The van der Waals surface area contributed by atoms with Crippen LogP contribution < -0.4 is 0 Å². The highest BCUT2D eigenvalue weighted by molar-refractivity contribution is 5.85. The zero-order valence-electron chi connectivity index (χ0n) is 19.4. The highest BCUT2D eigenvalue weighted by Gasteiger charge is 2.47. The first kappa shape index (κ1) is 22.3. The third kappa shape index (κ3) is 5.15. The van der Waals surface area contributed by atoms with Crippen LogP contribution in [0.3, 0.4) is 0 Å². The van der Waals surface area contributed by atoms with Crippen LogP contribution in [-0.2, 0) is 16.0 Å². The molecular formula is C25H39N3O3. The normalized spacial score (nSPS) is 25.3. The van der Waals surface area contributed by atoms with Crippen LogP contribution >= 0.6 is 0 Å². The highest BCUT2D eigenvalue weighted by Crippen LogP contribution is 2.38. The first-order chi connectivity index (χ1) is 15.0. The van der Waals surface area contributed by atoms with Gasteiger partial charge < -0.3 is 14.3 Å². The molecule has 0 radical (unpaired) electrons. The summed E-state index contributed by atoms with van der Waals surface area (Å²) in [5.74, 6) is 2.29. The van der Waals surface area contributed by atoms with Gasteiger partial charge >= 0.3 is 0 Å². The molecule has 4 rings (SSSR count). The Morgan fingerprint density at radius 1 is 1.13 bits per heavy atom. The molecule has 3 fully saturated rings. The summed E-state index contributed by atoms with van der Waals surface area (Å²) in [4.78, 5) is 29.7. The van der Waals surface area contributed by atoms with Crippen molar-refractivity contribution >= 4 is 11.8 Å². The van der Waals surface area contributed by atoms with Crippen molar-refractivity contribution < 1.29 is 14.1 Å². The predicted molar refractivity (Wildman–Crippen MR) is 120 cm³/mol. The Balaban J connectivity index is 1.42. The zero-order chi connectivity index (χ0) is 21.8. The number of amides is 2. The fourth-order valence-electron chi connectivity index (χ4n) is 6.08. The minimum atomic E-state index is -0.601. The van der Waals surface area contributed by atoms with Crippen LogP contribution in [0.25, 0.3) is 0 Å². The van der Waals surface area contributed by atoms with Crippen molar-refractivity contribution in [2.45, 2.75) is 89.4 Å². The van der Waals surface area contributed by atoms with Crippen molar-refractivity contribution in [3.05, 3.63) is 17.5 Å². The standard InChI is InChI=1S/C25H39N3O3/c1-27(2)24(30)25(17-21-16-22(26-31-21)20-10-4-3-5-11-20)14-15-28(18-25)23(29)13-12-19-8-6-7-9-19/h16,19-20H,3-15,17-18H2,1-2H3. The second-order valence-corrected chi connectivity index (χ2v) is 10.5. The molecule has 6 heteroatoms. The smallest absolute Gasteiger partial charge is 0.230 e. The molecule has 1 unspecified atom stereocenters. The van der Waals surface area contributed by atoms with E-state index in [1.807, 2.05) is 19.0 Å². The number of carbonyl (C=O) groups is 2. The van der Waals surface area contributed by atoms with Crippen LogP contribution in [-0.4, -0.2) is 54.0 Å². The van der Waals surface area contributed by atoms with Crippen LogP contribution in [0.4, 0.5) is 0 Å². The number of aromatic nitrogens is 1. The Hall–Kier alpha value is -1.85. The van der Waals surface area contributed by atoms with Gasteiger partial charge in [-0.1, -0.05) is 50.1 Å². The summed E-state index contributed by atoms with van der Waals surface area (Å²) in [5.41, 5.74) is 0.445. The van der Waals surface area contributed by atoms with Gasteiger partial charge in [0.2, 0.25) is 11.8 Å². The molecule has 0 bridgehead atoms. The Morgan fingerprint density at radius 2 is 1.84 bits per heavy atom. The van der Waals surface area contributed by atoms with Gasteiger partial charge in [-0.05, 0) is 31.6 Å². The van der Waals surface area contributed by atoms with Crippen molar-refractivity contribution in [2.75, 3.05) is 27.2 Å². The van der Waals surface area contributed by atoms with Gasteiger partial charge in [-0.2, -0.15) is 0 Å². The van der Waals surface area contributed by atoms with E-state index in [1.54, 1.807) is 4.90 Å². The number of rotatable bonds is 7. The van der Waals surface area contributed by atoms with Gasteiger partial charge in [0.05, 0.1) is 11.1 Å². The quantitative estimate of drug-likeness (QED) is 0.638. The molecule has 3 aliphatic rings. The average Bonchev–Trinajstić information content (AvgIpc) is 3.54. The van der Waals surface area contributed by atoms with E-state index in [1.165, 1.54) is 57.8 Å². The van der Waals surface area contributed by atoms with Crippen molar-refractivity contribution in [2.24, 2.45) is 11.3 Å². The molecule has 172 valence electrons. The zero-order valence-corrected chi connectivity index (χ0v) is 19.4. The van der Waals surface area contributed by atoms with Crippen LogP contribution in [0.5, 0.6) is 0 Å². The van der Waals surface area contributed by atoms with Crippen LogP contribution in [0, 0.1) is 11.3 Å². The van der Waals surface area contributed by atoms with Crippen LogP contribution in [0.2, 0.25) is 0 Å². The summed E-state index contributed by atoms with van der Waals surface area (Å²) in [6.45, 7) is 1.15. The average molecular weight is 430 g/mol. The van der Waals surface area contributed by atoms with Gasteiger partial charge in [-0.3, -0.25) is 9.59 Å². The molecule has 1 aromatic heterocycles. The van der Waals surface area contributed by atoms with Gasteiger partial charge in [0, 0.05) is 52.0 Å². The number of hydrogen-bond acceptors (Lipinski definition) is 4. The molecule has 1 aromatic rings. The van der Waals surface area contributed by atoms with Gasteiger partial charge in [0.15, 0.2) is 0 Å². The lowest BCUT2D eigenvalue weighted by Gasteiger charge is -2.30. The second kappa shape index (κ2) is 9.74. The minimum Gasteiger partial charge on any atom is -0.361 e. The molecule has 1 aliphatic heterocycles. The van der Waals surface area contributed by atoms with Gasteiger partial charge in [-0.15, -0.1) is 0 Å². The molecule has 6 nitrogen and oxygen atoms in total. The highest BCUT2D eigenvalue weighted by atomic mass is 16.5. The van der Waals surface area contributed by atoms with Crippen molar-refractivity contribution in [1.82, 2.24) is 15.0 Å². The minimum absolute atomic E-state index is 0.0919. The van der Waals surface area contributed by atoms with E-state index in [2.05, 4.69) is 11.2 Å². The molecule has 0 N–H and O–H groups in total. The number of hydrogen-bond donors (Lipinski definition) is 0. The number of nitrogens with zero attached hydrogens (tertiary/aromatic N) is 3. The fourth-order valence-corrected chi connectivity index (χ4v) is 6.08. The van der Waals surface area contributed by atoms with E-state index >= 15 is 0 Å². The Bertz CT molecular complexity index is 762. The summed E-state index contributed by atoms with van der Waals surface area (Å²) < 4.78 is 5.72. The third-order valence-corrected chi connectivity index (χ3v) is 7.92.